The van der Waals surface area contributed by atoms with Crippen LogP contribution >= 0.6 is 0 Å². The largest absolute Gasteiger partial charge is 0.492 e. The first kappa shape index (κ1) is 18.6. The van der Waals surface area contributed by atoms with Gasteiger partial charge in [-0.1, -0.05) is 6.07 Å². The van der Waals surface area contributed by atoms with E-state index in [-0.39, 0.29) is 5.82 Å². The molecule has 28 heavy (non-hydrogen) atoms. The summed E-state index contributed by atoms with van der Waals surface area (Å²) >= 11 is 0. The van der Waals surface area contributed by atoms with Crippen LogP contribution < -0.4 is 4.74 Å². The van der Waals surface area contributed by atoms with Crippen molar-refractivity contribution in [2.75, 3.05) is 26.2 Å². The van der Waals surface area contributed by atoms with Crippen LogP contribution in [0.5, 0.6) is 5.75 Å². The number of rotatable bonds is 6. The molecule has 5 nitrogen and oxygen atoms in total. The lowest BCUT2D eigenvalue weighted by Gasteiger charge is -2.32. The minimum atomic E-state index is -0.244. The third kappa shape index (κ3) is 4.39. The monoisotopic (exact) mass is 380 g/mol. The highest BCUT2D eigenvalue weighted by molar-refractivity contribution is 5.28. The number of pyridine rings is 1. The van der Waals surface area contributed by atoms with Crippen LogP contribution in [0.1, 0.15) is 30.3 Å². The Morgan fingerprint density at radius 3 is 2.82 bits per heavy atom. The second-order valence-electron chi connectivity index (χ2n) is 7.21. The molecule has 1 aliphatic heterocycles. The van der Waals surface area contributed by atoms with Crippen LogP contribution in [0.4, 0.5) is 4.39 Å². The number of piperidine rings is 1. The zero-order valence-electron chi connectivity index (χ0n) is 16.1. The van der Waals surface area contributed by atoms with Gasteiger partial charge in [0.1, 0.15) is 29.8 Å². The molecule has 1 unspecified atom stereocenters. The molecular formula is C22H25FN4O. The van der Waals surface area contributed by atoms with E-state index >= 15 is 0 Å². The lowest BCUT2D eigenvalue weighted by Crippen LogP contribution is -2.37. The molecule has 0 N–H and O–H groups in total. The van der Waals surface area contributed by atoms with Gasteiger partial charge in [0.15, 0.2) is 0 Å². The van der Waals surface area contributed by atoms with Gasteiger partial charge in [0.2, 0.25) is 0 Å². The van der Waals surface area contributed by atoms with Crippen LogP contribution in [0.3, 0.4) is 0 Å². The number of aromatic nitrogens is 3. The number of aryl methyl sites for hydroxylation is 1. The molecule has 0 saturated carbocycles. The van der Waals surface area contributed by atoms with E-state index in [9.17, 15) is 4.39 Å². The van der Waals surface area contributed by atoms with Crippen LogP contribution in [0, 0.1) is 12.7 Å². The molecular weight excluding hydrogens is 355 g/mol. The summed E-state index contributed by atoms with van der Waals surface area (Å²) in [4.78, 5) is 11.6. The molecule has 1 aromatic carbocycles. The summed E-state index contributed by atoms with van der Waals surface area (Å²) in [6, 6.07) is 12.4. The third-order valence-electron chi connectivity index (χ3n) is 5.24. The number of imidazole rings is 1. The lowest BCUT2D eigenvalue weighted by atomic mass is 9.94. The number of hydrogen-bond donors (Lipinski definition) is 0. The van der Waals surface area contributed by atoms with E-state index in [1.165, 1.54) is 12.1 Å². The van der Waals surface area contributed by atoms with E-state index in [0.29, 0.717) is 18.3 Å². The maximum Gasteiger partial charge on any atom is 0.138 e. The number of hydrogen-bond acceptors (Lipinski definition) is 4. The van der Waals surface area contributed by atoms with Gasteiger partial charge in [-0.2, -0.15) is 0 Å². The topological polar surface area (TPSA) is 43.2 Å². The summed E-state index contributed by atoms with van der Waals surface area (Å²) in [5, 5.41) is 0. The molecule has 0 radical (unpaired) electrons. The Balaban J connectivity index is 1.36. The van der Waals surface area contributed by atoms with Crippen LogP contribution in [-0.2, 0) is 0 Å². The highest BCUT2D eigenvalue weighted by atomic mass is 19.1. The predicted molar refractivity (Wildman–Crippen MR) is 106 cm³/mol. The molecule has 1 fully saturated rings. The van der Waals surface area contributed by atoms with Crippen molar-refractivity contribution in [3.05, 3.63) is 72.2 Å². The third-order valence-corrected chi connectivity index (χ3v) is 5.24. The summed E-state index contributed by atoms with van der Waals surface area (Å²) in [7, 11) is 0. The number of benzene rings is 1. The Morgan fingerprint density at radius 2 is 2.04 bits per heavy atom. The predicted octanol–water partition coefficient (Wildman–Crippen LogP) is 3.97. The number of halogens is 1. The quantitative estimate of drug-likeness (QED) is 0.649. The Bertz CT molecular complexity index is 909. The second-order valence-corrected chi connectivity index (χ2v) is 7.21. The number of likely N-dealkylation sites (tertiary alicyclic amines) is 1. The van der Waals surface area contributed by atoms with Crippen LogP contribution in [0.2, 0.25) is 0 Å². The van der Waals surface area contributed by atoms with Crippen molar-refractivity contribution in [3.8, 4) is 11.6 Å². The average molecular weight is 380 g/mol. The first-order valence-corrected chi connectivity index (χ1v) is 9.77. The van der Waals surface area contributed by atoms with Gasteiger partial charge in [0.05, 0.1) is 0 Å². The Morgan fingerprint density at radius 1 is 1.18 bits per heavy atom. The molecule has 2 aromatic heterocycles. The summed E-state index contributed by atoms with van der Waals surface area (Å²) in [5.74, 6) is 2.74. The smallest absolute Gasteiger partial charge is 0.138 e. The van der Waals surface area contributed by atoms with E-state index in [0.717, 1.165) is 49.8 Å². The van der Waals surface area contributed by atoms with Gasteiger partial charge in [0.25, 0.3) is 0 Å². The summed E-state index contributed by atoms with van der Waals surface area (Å²) in [6.45, 7) is 5.49. The maximum absolute atomic E-state index is 13.0. The fourth-order valence-electron chi connectivity index (χ4n) is 3.74. The van der Waals surface area contributed by atoms with Crippen molar-refractivity contribution in [3.63, 3.8) is 0 Å². The zero-order chi connectivity index (χ0) is 19.3. The summed E-state index contributed by atoms with van der Waals surface area (Å²) in [5.41, 5.74) is 1.13. The molecule has 6 heteroatoms. The number of ether oxygens (including phenoxy) is 1. The first-order valence-electron chi connectivity index (χ1n) is 9.77. The Kier molecular flexibility index (Phi) is 5.67. The summed E-state index contributed by atoms with van der Waals surface area (Å²) in [6.07, 6.45) is 6.04. The molecule has 3 heterocycles. The minimum Gasteiger partial charge on any atom is -0.492 e. The van der Waals surface area contributed by atoms with E-state index in [4.69, 9.17) is 9.72 Å². The van der Waals surface area contributed by atoms with E-state index < -0.39 is 0 Å². The van der Waals surface area contributed by atoms with Crippen molar-refractivity contribution in [2.24, 2.45) is 0 Å². The van der Waals surface area contributed by atoms with Gasteiger partial charge in [-0.15, -0.1) is 0 Å². The maximum atomic E-state index is 13.0. The molecule has 1 aliphatic rings. The number of nitrogens with zero attached hydrogens (tertiary/aromatic N) is 4. The molecule has 146 valence electrons. The first-order chi connectivity index (χ1) is 13.7. The van der Waals surface area contributed by atoms with Gasteiger partial charge in [-0.3, -0.25) is 9.47 Å². The zero-order valence-corrected chi connectivity index (χ0v) is 16.1. The molecule has 0 amide bonds. The fourth-order valence-corrected chi connectivity index (χ4v) is 3.74. The molecule has 3 aromatic rings. The minimum absolute atomic E-state index is 0.244. The highest BCUT2D eigenvalue weighted by Crippen LogP contribution is 2.26. The van der Waals surface area contributed by atoms with Crippen LogP contribution in [-0.4, -0.2) is 45.7 Å². The molecule has 1 atom stereocenters. The molecule has 0 aliphatic carbocycles. The SMILES string of the molecule is Cc1nccn1-c1cccc(C2CCCN(CCOc3ccc(F)cc3)C2)n1. The molecule has 0 bridgehead atoms. The average Bonchev–Trinajstić information content (AvgIpc) is 3.16. The molecule has 0 spiro atoms. The van der Waals surface area contributed by atoms with Gasteiger partial charge in [0, 0.05) is 37.1 Å². The second kappa shape index (κ2) is 8.52. The van der Waals surface area contributed by atoms with Crippen molar-refractivity contribution in [2.45, 2.75) is 25.7 Å². The highest BCUT2D eigenvalue weighted by Gasteiger charge is 2.22. The lowest BCUT2D eigenvalue weighted by molar-refractivity contribution is 0.169. The van der Waals surface area contributed by atoms with Gasteiger partial charge >= 0.3 is 0 Å². The van der Waals surface area contributed by atoms with Crippen molar-refractivity contribution >= 4 is 0 Å². The Hall–Kier alpha value is -2.73. The molecule has 4 rings (SSSR count). The van der Waals surface area contributed by atoms with Gasteiger partial charge < -0.3 is 4.74 Å². The van der Waals surface area contributed by atoms with E-state index in [1.54, 1.807) is 18.3 Å². The summed E-state index contributed by atoms with van der Waals surface area (Å²) < 4.78 is 20.7. The fraction of sp³-hybridized carbons (Fsp3) is 0.364. The van der Waals surface area contributed by atoms with Crippen molar-refractivity contribution < 1.29 is 9.13 Å². The standard InChI is InChI=1S/C22H25FN4O/c1-17-24-11-13-27(17)22-6-2-5-21(25-22)18-4-3-12-26(16-18)14-15-28-20-9-7-19(23)8-10-20/h2,5-11,13,18H,3-4,12,14-16H2,1H3. The van der Waals surface area contributed by atoms with Gasteiger partial charge in [-0.25, -0.2) is 14.4 Å². The van der Waals surface area contributed by atoms with Crippen molar-refractivity contribution in [1.29, 1.82) is 0 Å². The van der Waals surface area contributed by atoms with Gasteiger partial charge in [-0.05, 0) is 62.7 Å². The van der Waals surface area contributed by atoms with Crippen LogP contribution in [0.15, 0.2) is 54.9 Å². The van der Waals surface area contributed by atoms with E-state index in [1.807, 2.05) is 23.8 Å². The normalized spacial score (nSPS) is 17.6. The Labute approximate surface area is 164 Å². The van der Waals surface area contributed by atoms with E-state index in [2.05, 4.69) is 22.0 Å². The van der Waals surface area contributed by atoms with Crippen molar-refractivity contribution in [1.82, 2.24) is 19.4 Å². The molecule has 1 saturated heterocycles. The van der Waals surface area contributed by atoms with Crippen LogP contribution in [0.25, 0.3) is 5.82 Å².